The first-order valence-electron chi connectivity index (χ1n) is 2.67. The third kappa shape index (κ3) is 3.13. The second kappa shape index (κ2) is 4.19. The number of hydrogen-bond donors (Lipinski definition) is 3. The Kier molecular flexibility index (Phi) is 4.35. The molecule has 0 saturated carbocycles. The van der Waals surface area contributed by atoms with Crippen LogP contribution in [0.1, 0.15) is 6.92 Å². The smallest absolute Gasteiger partial charge is 0.162 e. The van der Waals surface area contributed by atoms with Crippen LogP contribution in [0.4, 0.5) is 0 Å². The fraction of sp³-hybridized carbons (Fsp3) is 0.800. The van der Waals surface area contributed by atoms with E-state index in [2.05, 4.69) is 25.3 Å². The van der Waals surface area contributed by atoms with Gasteiger partial charge in [-0.15, -0.1) is 0 Å². The van der Waals surface area contributed by atoms with Gasteiger partial charge in [0.15, 0.2) is 5.78 Å². The number of carbonyl (C=O) groups excluding carboxylic acids is 1. The van der Waals surface area contributed by atoms with E-state index >= 15 is 0 Å². The second-order valence-electron chi connectivity index (χ2n) is 1.87. The Labute approximate surface area is 66.0 Å². The highest BCUT2D eigenvalue weighted by Gasteiger charge is 2.14. The summed E-state index contributed by atoms with van der Waals surface area (Å²) in [4.78, 5) is 10.8. The van der Waals surface area contributed by atoms with Gasteiger partial charge in [-0.2, -0.15) is 25.3 Å². The Balaban J connectivity index is 3.73. The van der Waals surface area contributed by atoms with E-state index in [9.17, 15) is 4.79 Å². The van der Waals surface area contributed by atoms with Crippen LogP contribution in [0.2, 0.25) is 0 Å². The molecular weight excluding hydrogens is 154 g/mol. The van der Waals surface area contributed by atoms with Gasteiger partial charge in [0.25, 0.3) is 0 Å². The molecule has 0 rings (SSSR count). The first kappa shape index (κ1) is 9.33. The highest BCUT2D eigenvalue weighted by molar-refractivity contribution is 7.82. The summed E-state index contributed by atoms with van der Waals surface area (Å²) in [5.41, 5.74) is 5.34. The lowest BCUT2D eigenvalue weighted by atomic mass is 10.2. The first-order valence-corrected chi connectivity index (χ1v) is 3.82. The molecule has 4 heteroatoms. The lowest BCUT2D eigenvalue weighted by molar-refractivity contribution is -0.119. The van der Waals surface area contributed by atoms with Gasteiger partial charge in [-0.3, -0.25) is 4.79 Å². The zero-order chi connectivity index (χ0) is 7.44. The quantitative estimate of drug-likeness (QED) is 0.520. The van der Waals surface area contributed by atoms with Gasteiger partial charge in [-0.25, -0.2) is 0 Å². The van der Waals surface area contributed by atoms with E-state index < -0.39 is 6.04 Å². The van der Waals surface area contributed by atoms with Crippen LogP contribution in [-0.4, -0.2) is 22.8 Å². The van der Waals surface area contributed by atoms with Crippen molar-refractivity contribution in [1.29, 1.82) is 0 Å². The summed E-state index contributed by atoms with van der Waals surface area (Å²) in [6.45, 7) is 1.70. The average molecular weight is 165 g/mol. The van der Waals surface area contributed by atoms with Crippen LogP contribution in [0.15, 0.2) is 0 Å². The van der Waals surface area contributed by atoms with Crippen LogP contribution < -0.4 is 5.73 Å². The monoisotopic (exact) mass is 165 g/mol. The number of thiol groups is 2. The minimum atomic E-state index is -0.458. The number of Topliss-reactive ketones (excluding diaryl/α,β-unsaturated/α-hetero) is 1. The van der Waals surface area contributed by atoms with Crippen LogP contribution in [0, 0.1) is 0 Å². The van der Waals surface area contributed by atoms with Gasteiger partial charge >= 0.3 is 0 Å². The minimum absolute atomic E-state index is 0.0478. The molecule has 2 nitrogen and oxygen atoms in total. The highest BCUT2D eigenvalue weighted by atomic mass is 32.1. The average Bonchev–Trinajstić information content (AvgIpc) is 1.84. The number of carbonyl (C=O) groups is 1. The summed E-state index contributed by atoms with van der Waals surface area (Å²) >= 11 is 7.79. The van der Waals surface area contributed by atoms with Crippen LogP contribution in [-0.2, 0) is 4.79 Å². The van der Waals surface area contributed by atoms with Crippen molar-refractivity contribution in [1.82, 2.24) is 0 Å². The summed E-state index contributed by atoms with van der Waals surface area (Å²) in [5, 5.41) is -0.271. The van der Waals surface area contributed by atoms with E-state index in [1.807, 2.05) is 0 Å². The van der Waals surface area contributed by atoms with Gasteiger partial charge in [-0.1, -0.05) is 0 Å². The number of rotatable bonds is 3. The molecule has 0 heterocycles. The maximum Gasteiger partial charge on any atom is 0.162 e. The fourth-order valence-corrected chi connectivity index (χ4v) is 0.771. The predicted octanol–water partition coefficient (Wildman–Crippen LogP) is 0.131. The summed E-state index contributed by atoms with van der Waals surface area (Å²) in [6, 6.07) is -0.458. The van der Waals surface area contributed by atoms with Gasteiger partial charge in [0.05, 0.1) is 11.3 Å². The summed E-state index contributed by atoms with van der Waals surface area (Å²) in [7, 11) is 0. The molecule has 1 unspecified atom stereocenters. The summed E-state index contributed by atoms with van der Waals surface area (Å²) in [6.07, 6.45) is 0. The maximum absolute atomic E-state index is 10.8. The Morgan fingerprint density at radius 2 is 2.22 bits per heavy atom. The Hall–Kier alpha value is 0.330. The second-order valence-corrected chi connectivity index (χ2v) is 3.01. The first-order chi connectivity index (χ1) is 4.09. The van der Waals surface area contributed by atoms with E-state index in [0.717, 1.165) is 0 Å². The lowest BCUT2D eigenvalue weighted by Gasteiger charge is -2.08. The van der Waals surface area contributed by atoms with Crippen molar-refractivity contribution in [2.45, 2.75) is 18.2 Å². The van der Waals surface area contributed by atoms with Crippen molar-refractivity contribution in [3.8, 4) is 0 Å². The van der Waals surface area contributed by atoms with E-state index in [-0.39, 0.29) is 11.0 Å². The third-order valence-corrected chi connectivity index (χ3v) is 1.62. The molecule has 9 heavy (non-hydrogen) atoms. The van der Waals surface area contributed by atoms with Crippen molar-refractivity contribution < 1.29 is 4.79 Å². The van der Waals surface area contributed by atoms with E-state index in [0.29, 0.717) is 5.75 Å². The molecule has 0 aromatic carbocycles. The molecule has 54 valence electrons. The lowest BCUT2D eigenvalue weighted by Crippen LogP contribution is -2.36. The molecule has 0 amide bonds. The van der Waals surface area contributed by atoms with Crippen molar-refractivity contribution in [2.75, 3.05) is 5.75 Å². The zero-order valence-corrected chi connectivity index (χ0v) is 7.03. The molecule has 0 fully saturated rings. The van der Waals surface area contributed by atoms with Crippen molar-refractivity contribution in [3.05, 3.63) is 0 Å². The van der Waals surface area contributed by atoms with Gasteiger partial charge < -0.3 is 5.73 Å². The van der Waals surface area contributed by atoms with Crippen molar-refractivity contribution >= 4 is 31.0 Å². The number of hydrogen-bond acceptors (Lipinski definition) is 4. The number of nitrogens with two attached hydrogens (primary N) is 1. The van der Waals surface area contributed by atoms with E-state index in [1.165, 1.54) is 0 Å². The molecule has 2 N–H and O–H groups in total. The molecule has 0 aliphatic rings. The normalized spacial score (nSPS) is 16.9. The standard InChI is InChI=1S/C5H11NOS2/c1-3(9)5(7)4(6)2-8/h3-4,8-9H,2,6H2,1H3/t3?,4-/m0/s1. The highest BCUT2D eigenvalue weighted by Crippen LogP contribution is 1.98. The van der Waals surface area contributed by atoms with Gasteiger partial charge in [0, 0.05) is 5.75 Å². The summed E-state index contributed by atoms with van der Waals surface area (Å²) in [5.74, 6) is 0.345. The predicted molar refractivity (Wildman–Crippen MR) is 45.3 cm³/mol. The number of ketones is 1. The van der Waals surface area contributed by atoms with Gasteiger partial charge in [-0.05, 0) is 6.92 Å². The Bertz CT molecular complexity index is 105. The minimum Gasteiger partial charge on any atom is -0.321 e. The van der Waals surface area contributed by atoms with Crippen molar-refractivity contribution in [2.24, 2.45) is 5.73 Å². The summed E-state index contributed by atoms with van der Waals surface area (Å²) < 4.78 is 0. The molecule has 0 spiro atoms. The molecule has 0 aromatic rings. The SMILES string of the molecule is CC(S)C(=O)[C@@H](N)CS. The third-order valence-electron chi connectivity index (χ3n) is 0.974. The molecule has 0 aliphatic heterocycles. The van der Waals surface area contributed by atoms with E-state index in [4.69, 9.17) is 5.73 Å². The van der Waals surface area contributed by atoms with Gasteiger partial charge in [0.2, 0.25) is 0 Å². The zero-order valence-electron chi connectivity index (χ0n) is 5.24. The topological polar surface area (TPSA) is 43.1 Å². The maximum atomic E-state index is 10.8. The fourth-order valence-electron chi connectivity index (χ4n) is 0.400. The van der Waals surface area contributed by atoms with Crippen molar-refractivity contribution in [3.63, 3.8) is 0 Å². The molecule has 0 radical (unpaired) electrons. The molecule has 0 bridgehead atoms. The van der Waals surface area contributed by atoms with Crippen LogP contribution in [0.25, 0.3) is 0 Å². The Morgan fingerprint density at radius 3 is 2.33 bits per heavy atom. The largest absolute Gasteiger partial charge is 0.321 e. The molecule has 0 aromatic heterocycles. The Morgan fingerprint density at radius 1 is 1.78 bits per heavy atom. The van der Waals surface area contributed by atoms with Crippen LogP contribution >= 0.6 is 25.3 Å². The van der Waals surface area contributed by atoms with Gasteiger partial charge in [0.1, 0.15) is 0 Å². The molecule has 2 atom stereocenters. The molecular formula is C5H11NOS2. The molecule has 0 saturated heterocycles. The molecule has 0 aliphatic carbocycles. The van der Waals surface area contributed by atoms with Crippen LogP contribution in [0.5, 0.6) is 0 Å². The van der Waals surface area contributed by atoms with E-state index in [1.54, 1.807) is 6.92 Å². The van der Waals surface area contributed by atoms with Crippen LogP contribution in [0.3, 0.4) is 0 Å².